The number of nitrogens with one attached hydrogen (secondary N) is 1. The van der Waals surface area contributed by atoms with Crippen molar-refractivity contribution in [1.82, 2.24) is 5.43 Å². The monoisotopic (exact) mass is 613 g/mol. The zero-order chi connectivity index (χ0) is 24.4. The fourth-order valence-electron chi connectivity index (χ4n) is 4.76. The SMILES string of the molecule is CCC[CH2][Sn]([Cl])[CH2]CCC.[S-]C(=NC1CCCCC1)NN=C(C1CCCCC1)C1C=CC=C[N-]1. The van der Waals surface area contributed by atoms with Gasteiger partial charge in [0, 0.05) is 11.8 Å². The summed E-state index contributed by atoms with van der Waals surface area (Å²) in [4.78, 5) is 4.65. The van der Waals surface area contributed by atoms with Crippen molar-refractivity contribution in [2.75, 3.05) is 0 Å². The summed E-state index contributed by atoms with van der Waals surface area (Å²) < 4.78 is 2.81. The minimum atomic E-state index is -1.27. The van der Waals surface area contributed by atoms with Crippen molar-refractivity contribution < 1.29 is 0 Å². The molecule has 3 aliphatic rings. The second-order valence-electron chi connectivity index (χ2n) is 9.75. The van der Waals surface area contributed by atoms with Crippen LogP contribution in [0.4, 0.5) is 0 Å². The molecule has 0 bridgehead atoms. The van der Waals surface area contributed by atoms with E-state index < -0.39 is 18.6 Å². The molecule has 2 fully saturated rings. The molecule has 2 aliphatic carbocycles. The van der Waals surface area contributed by atoms with E-state index in [0.717, 1.165) is 18.6 Å². The van der Waals surface area contributed by atoms with Gasteiger partial charge in [-0.2, -0.15) is 11.3 Å². The summed E-state index contributed by atoms with van der Waals surface area (Å²) in [5.74, 6) is 0.508. The number of unbranched alkanes of at least 4 members (excludes halogenated alkanes) is 2. The van der Waals surface area contributed by atoms with Crippen LogP contribution in [0.2, 0.25) is 8.87 Å². The van der Waals surface area contributed by atoms with E-state index in [1.807, 2.05) is 12.3 Å². The molecule has 34 heavy (non-hydrogen) atoms. The largest absolute Gasteiger partial charge is 0.741 e. The molecule has 2 saturated carbocycles. The van der Waals surface area contributed by atoms with Gasteiger partial charge in [0.15, 0.2) is 0 Å². The van der Waals surface area contributed by atoms with Crippen LogP contribution in [0.25, 0.3) is 5.32 Å². The van der Waals surface area contributed by atoms with Gasteiger partial charge in [0.2, 0.25) is 0 Å². The first-order valence-corrected chi connectivity index (χ1v) is 21.8. The number of rotatable bonds is 10. The maximum atomic E-state index is 6.24. The summed E-state index contributed by atoms with van der Waals surface area (Å²) in [6, 6.07) is 0.428. The number of allylic oxidation sites excluding steroid dienone is 2. The zero-order valence-corrected chi connectivity index (χ0v) is 25.9. The molecule has 0 spiro atoms. The van der Waals surface area contributed by atoms with E-state index in [9.17, 15) is 0 Å². The molecule has 3 rings (SSSR count). The maximum absolute atomic E-state index is 6.24. The van der Waals surface area contributed by atoms with Gasteiger partial charge in [-0.25, -0.2) is 0 Å². The van der Waals surface area contributed by atoms with E-state index in [0.29, 0.717) is 17.1 Å². The minimum Gasteiger partial charge on any atom is -0.741 e. The van der Waals surface area contributed by atoms with Crippen LogP contribution in [-0.4, -0.2) is 41.6 Å². The summed E-state index contributed by atoms with van der Waals surface area (Å²) in [7, 11) is 6.24. The van der Waals surface area contributed by atoms with Crippen molar-refractivity contribution in [3.63, 3.8) is 0 Å². The minimum absolute atomic E-state index is 0.0445. The first-order valence-electron chi connectivity index (χ1n) is 13.8. The summed E-state index contributed by atoms with van der Waals surface area (Å²) in [5.41, 5.74) is 4.18. The van der Waals surface area contributed by atoms with Gasteiger partial charge in [-0.1, -0.05) is 62.8 Å². The number of hydrogen-bond acceptors (Lipinski definition) is 3. The first-order chi connectivity index (χ1) is 16.6. The summed E-state index contributed by atoms with van der Waals surface area (Å²) in [6.45, 7) is 4.49. The number of aliphatic imine (C=N–C) groups is 1. The fraction of sp³-hybridized carbons (Fsp3) is 0.778. The molecule has 193 valence electrons. The Balaban J connectivity index is 0.000000347. The van der Waals surface area contributed by atoms with E-state index in [1.54, 1.807) is 0 Å². The molecule has 7 heteroatoms. The van der Waals surface area contributed by atoms with Crippen LogP contribution in [-0.2, 0) is 12.6 Å². The Kier molecular flexibility index (Phi) is 16.7. The molecule has 4 nitrogen and oxygen atoms in total. The Hall–Kier alpha value is -0.271. The summed E-state index contributed by atoms with van der Waals surface area (Å²) in [5, 5.41) is 9.81. The summed E-state index contributed by atoms with van der Waals surface area (Å²) >= 11 is 4.14. The standard InChI is InChI=1S/C19H29N4S.2C4H9.ClH.Sn/c24-19(21-16-11-5-2-6-12-16)23-22-18(15-9-3-1-4-10-15)17-13-7-8-14-20-17;2*1-3-4-2;;/h7-8,13-17H,1-6,9-12H2,(H2,21,23,24);2*1,3-4H2,2H3;1H;/q-1;;;;+1/p-2. The van der Waals surface area contributed by atoms with E-state index >= 15 is 0 Å². The van der Waals surface area contributed by atoms with Crippen molar-refractivity contribution >= 4 is 51.1 Å². The number of halogens is 1. The van der Waals surface area contributed by atoms with E-state index in [1.165, 1.54) is 85.9 Å². The van der Waals surface area contributed by atoms with Gasteiger partial charge >= 0.3 is 76.0 Å². The van der Waals surface area contributed by atoms with Crippen LogP contribution in [0.1, 0.15) is 104 Å². The smallest absolute Gasteiger partial charge is 0.0499 e. The number of hydrogen-bond donors (Lipinski definition) is 1. The zero-order valence-electron chi connectivity index (χ0n) is 21.5. The third-order valence-electron chi connectivity index (χ3n) is 6.82. The second-order valence-corrected chi connectivity index (χ2v) is 19.5. The Morgan fingerprint density at radius 1 is 0.971 bits per heavy atom. The Morgan fingerprint density at radius 2 is 1.59 bits per heavy atom. The van der Waals surface area contributed by atoms with Crippen molar-refractivity contribution in [1.29, 1.82) is 0 Å². The number of amidine groups is 1. The molecule has 0 amide bonds. The average molecular weight is 613 g/mol. The van der Waals surface area contributed by atoms with Crippen LogP contribution in [0.15, 0.2) is 34.5 Å². The predicted octanol–water partition coefficient (Wildman–Crippen LogP) is 8.39. The predicted molar refractivity (Wildman–Crippen MR) is 155 cm³/mol. The molecular weight excluding hydrogens is 567 g/mol. The number of hydrazone groups is 1. The van der Waals surface area contributed by atoms with Crippen molar-refractivity contribution in [3.8, 4) is 0 Å². The van der Waals surface area contributed by atoms with Crippen LogP contribution >= 0.6 is 8.92 Å². The Bertz CT molecular complexity index is 647. The molecule has 0 aromatic carbocycles. The van der Waals surface area contributed by atoms with Crippen molar-refractivity contribution in [3.05, 3.63) is 29.7 Å². The maximum Gasteiger partial charge on any atom is 0.0499 e. The molecule has 0 aromatic rings. The van der Waals surface area contributed by atoms with Gasteiger partial charge in [-0.05, 0) is 36.8 Å². The summed E-state index contributed by atoms with van der Waals surface area (Å²) in [6.07, 6.45) is 25.9. The fourth-order valence-corrected chi connectivity index (χ4v) is 11.7. The second kappa shape index (κ2) is 18.9. The van der Waals surface area contributed by atoms with Gasteiger partial charge < -0.3 is 17.9 Å². The molecule has 1 radical (unpaired) electrons. The first kappa shape index (κ1) is 30.0. The van der Waals surface area contributed by atoms with Crippen molar-refractivity contribution in [2.45, 2.75) is 125 Å². The van der Waals surface area contributed by atoms with Gasteiger partial charge in [0.25, 0.3) is 0 Å². The van der Waals surface area contributed by atoms with Crippen LogP contribution in [0.5, 0.6) is 0 Å². The van der Waals surface area contributed by atoms with Crippen LogP contribution in [0.3, 0.4) is 0 Å². The Labute approximate surface area is 225 Å². The average Bonchev–Trinajstić information content (AvgIpc) is 2.88. The molecule has 0 saturated heterocycles. The quantitative estimate of drug-likeness (QED) is 0.0886. The molecule has 0 aromatic heterocycles. The molecule has 1 unspecified atom stereocenters. The van der Waals surface area contributed by atoms with E-state index in [4.69, 9.17) is 21.5 Å². The molecule has 1 aliphatic heterocycles. The Morgan fingerprint density at radius 3 is 2.15 bits per heavy atom. The van der Waals surface area contributed by atoms with Gasteiger partial charge in [0.05, 0.1) is 0 Å². The molecule has 1 atom stereocenters. The van der Waals surface area contributed by atoms with Crippen LogP contribution < -0.4 is 5.43 Å². The molecular formula is C27H46ClN4SSn-2. The van der Waals surface area contributed by atoms with E-state index in [-0.39, 0.29) is 6.04 Å². The third kappa shape index (κ3) is 12.6. The van der Waals surface area contributed by atoms with Gasteiger partial charge in [-0.15, -0.1) is 0 Å². The van der Waals surface area contributed by atoms with E-state index in [2.05, 4.69) is 46.8 Å². The van der Waals surface area contributed by atoms with Gasteiger partial charge in [0.1, 0.15) is 0 Å². The molecule has 1 N–H and O–H groups in total. The third-order valence-corrected chi connectivity index (χ3v) is 14.7. The normalized spacial score (nSPS) is 22.3. The van der Waals surface area contributed by atoms with Gasteiger partial charge in [-0.3, -0.25) is 10.4 Å². The van der Waals surface area contributed by atoms with Crippen molar-refractivity contribution in [2.24, 2.45) is 16.0 Å². The molecule has 1 heterocycles. The van der Waals surface area contributed by atoms with Crippen LogP contribution in [0, 0.1) is 5.92 Å². The number of nitrogens with zero attached hydrogens (tertiary/aromatic N) is 3. The topological polar surface area (TPSA) is 50.9 Å².